The lowest BCUT2D eigenvalue weighted by atomic mass is 10.4. The molecule has 0 saturated heterocycles. The second-order valence-corrected chi connectivity index (χ2v) is 4.43. The number of halogens is 1. The van der Waals surface area contributed by atoms with Crippen molar-refractivity contribution >= 4 is 28.8 Å². The molecule has 5 heteroatoms. The number of hydrogen-bond donors (Lipinski definition) is 2. The maximum absolute atomic E-state index is 11.5. The van der Waals surface area contributed by atoms with E-state index in [1.807, 2.05) is 5.38 Å². The molecule has 0 saturated carbocycles. The predicted molar refractivity (Wildman–Crippen MR) is 64.8 cm³/mol. The van der Waals surface area contributed by atoms with Crippen molar-refractivity contribution in [3.8, 4) is 0 Å². The Morgan fingerprint density at radius 1 is 1.47 bits per heavy atom. The quantitative estimate of drug-likeness (QED) is 0.755. The smallest absolute Gasteiger partial charge is 0.262 e. The molecular weight excluding hydrogens is 232 g/mol. The first-order chi connectivity index (χ1) is 7.25. The van der Waals surface area contributed by atoms with Gasteiger partial charge in [-0.25, -0.2) is 0 Å². The summed E-state index contributed by atoms with van der Waals surface area (Å²) in [7, 11) is 0. The topological polar surface area (TPSA) is 41.1 Å². The Morgan fingerprint density at radius 3 is 2.87 bits per heavy atom. The molecule has 0 unspecified atom stereocenters. The summed E-state index contributed by atoms with van der Waals surface area (Å²) in [4.78, 5) is 12.1. The SMILES string of the molecule is CCCNCCNC(=O)c1sccc1Cl. The van der Waals surface area contributed by atoms with Crippen LogP contribution in [0.25, 0.3) is 0 Å². The fraction of sp³-hybridized carbons (Fsp3) is 0.500. The average Bonchev–Trinajstić information content (AvgIpc) is 2.64. The first-order valence-corrected chi connectivity index (χ1v) is 6.23. The normalized spacial score (nSPS) is 10.3. The molecule has 0 spiro atoms. The second-order valence-electron chi connectivity index (χ2n) is 3.10. The fourth-order valence-corrected chi connectivity index (χ4v) is 2.16. The summed E-state index contributed by atoms with van der Waals surface area (Å²) in [5.41, 5.74) is 0. The van der Waals surface area contributed by atoms with E-state index in [4.69, 9.17) is 11.6 Å². The molecule has 0 aliphatic rings. The van der Waals surface area contributed by atoms with Crippen molar-refractivity contribution in [2.45, 2.75) is 13.3 Å². The minimum atomic E-state index is -0.0895. The van der Waals surface area contributed by atoms with Gasteiger partial charge in [0, 0.05) is 13.1 Å². The Morgan fingerprint density at radius 2 is 2.27 bits per heavy atom. The van der Waals surface area contributed by atoms with Crippen LogP contribution < -0.4 is 10.6 Å². The lowest BCUT2D eigenvalue weighted by molar-refractivity contribution is 0.0958. The van der Waals surface area contributed by atoms with Crippen LogP contribution in [0.3, 0.4) is 0 Å². The van der Waals surface area contributed by atoms with Crippen molar-refractivity contribution in [3.05, 3.63) is 21.3 Å². The van der Waals surface area contributed by atoms with Crippen LogP contribution in [0.15, 0.2) is 11.4 Å². The average molecular weight is 247 g/mol. The number of amides is 1. The Labute approximate surface area is 98.8 Å². The summed E-state index contributed by atoms with van der Waals surface area (Å²) in [5.74, 6) is -0.0895. The minimum Gasteiger partial charge on any atom is -0.350 e. The zero-order chi connectivity index (χ0) is 11.1. The van der Waals surface area contributed by atoms with Gasteiger partial charge in [-0.1, -0.05) is 18.5 Å². The van der Waals surface area contributed by atoms with Gasteiger partial charge in [-0.15, -0.1) is 11.3 Å². The van der Waals surface area contributed by atoms with Gasteiger partial charge in [-0.05, 0) is 24.4 Å². The zero-order valence-corrected chi connectivity index (χ0v) is 10.3. The number of carbonyl (C=O) groups excluding carboxylic acids is 1. The molecule has 0 aromatic carbocycles. The van der Waals surface area contributed by atoms with Gasteiger partial charge in [0.05, 0.1) is 5.02 Å². The van der Waals surface area contributed by atoms with Crippen molar-refractivity contribution in [2.75, 3.05) is 19.6 Å². The third-order valence-electron chi connectivity index (χ3n) is 1.84. The van der Waals surface area contributed by atoms with Crippen molar-refractivity contribution in [2.24, 2.45) is 0 Å². The minimum absolute atomic E-state index is 0.0895. The molecule has 84 valence electrons. The van der Waals surface area contributed by atoms with Crippen LogP contribution in [0.2, 0.25) is 5.02 Å². The van der Waals surface area contributed by atoms with Gasteiger partial charge >= 0.3 is 0 Å². The van der Waals surface area contributed by atoms with Gasteiger partial charge in [0.25, 0.3) is 5.91 Å². The summed E-state index contributed by atoms with van der Waals surface area (Å²) in [6, 6.07) is 1.73. The molecule has 0 aliphatic heterocycles. The van der Waals surface area contributed by atoms with Crippen LogP contribution in [0.4, 0.5) is 0 Å². The van der Waals surface area contributed by atoms with E-state index in [1.165, 1.54) is 11.3 Å². The molecule has 1 aromatic rings. The van der Waals surface area contributed by atoms with Gasteiger partial charge < -0.3 is 10.6 Å². The van der Waals surface area contributed by atoms with Gasteiger partial charge in [-0.3, -0.25) is 4.79 Å². The van der Waals surface area contributed by atoms with Gasteiger partial charge in [0.15, 0.2) is 0 Å². The maximum Gasteiger partial charge on any atom is 0.262 e. The fourth-order valence-electron chi connectivity index (χ4n) is 1.10. The third kappa shape index (κ3) is 4.20. The standard InChI is InChI=1S/C10H15ClN2OS/c1-2-4-12-5-6-13-10(14)9-8(11)3-7-15-9/h3,7,12H,2,4-6H2,1H3,(H,13,14). The number of hydrogen-bond acceptors (Lipinski definition) is 3. The van der Waals surface area contributed by atoms with Gasteiger partial charge in [-0.2, -0.15) is 0 Å². The highest BCUT2D eigenvalue weighted by atomic mass is 35.5. The highest BCUT2D eigenvalue weighted by Crippen LogP contribution is 2.21. The van der Waals surface area contributed by atoms with Crippen LogP contribution in [-0.4, -0.2) is 25.5 Å². The Kier molecular flexibility index (Phi) is 5.68. The molecular formula is C10H15ClN2OS. The molecule has 2 N–H and O–H groups in total. The number of carbonyl (C=O) groups is 1. The molecule has 0 radical (unpaired) electrons. The van der Waals surface area contributed by atoms with E-state index in [-0.39, 0.29) is 5.91 Å². The molecule has 1 amide bonds. The maximum atomic E-state index is 11.5. The molecule has 0 bridgehead atoms. The van der Waals surface area contributed by atoms with E-state index in [9.17, 15) is 4.79 Å². The Balaban J connectivity index is 2.22. The largest absolute Gasteiger partial charge is 0.350 e. The van der Waals surface area contributed by atoms with Crippen molar-refractivity contribution in [1.82, 2.24) is 10.6 Å². The van der Waals surface area contributed by atoms with E-state index in [0.29, 0.717) is 16.4 Å². The van der Waals surface area contributed by atoms with E-state index >= 15 is 0 Å². The monoisotopic (exact) mass is 246 g/mol. The predicted octanol–water partition coefficient (Wildman–Crippen LogP) is 2.13. The van der Waals surface area contributed by atoms with Crippen LogP contribution in [0.5, 0.6) is 0 Å². The van der Waals surface area contributed by atoms with E-state index < -0.39 is 0 Å². The molecule has 1 rings (SSSR count). The number of thiophene rings is 1. The van der Waals surface area contributed by atoms with Gasteiger partial charge in [0.2, 0.25) is 0 Å². The van der Waals surface area contributed by atoms with Crippen LogP contribution >= 0.6 is 22.9 Å². The van der Waals surface area contributed by atoms with Gasteiger partial charge in [0.1, 0.15) is 4.88 Å². The van der Waals surface area contributed by atoms with E-state index in [0.717, 1.165) is 19.5 Å². The summed E-state index contributed by atoms with van der Waals surface area (Å²) < 4.78 is 0. The summed E-state index contributed by atoms with van der Waals surface area (Å²) in [5, 5.41) is 8.35. The lowest BCUT2D eigenvalue weighted by Gasteiger charge is -2.04. The van der Waals surface area contributed by atoms with Crippen molar-refractivity contribution in [1.29, 1.82) is 0 Å². The van der Waals surface area contributed by atoms with Crippen LogP contribution in [0.1, 0.15) is 23.0 Å². The first-order valence-electron chi connectivity index (χ1n) is 4.97. The molecule has 1 aromatic heterocycles. The van der Waals surface area contributed by atoms with E-state index in [2.05, 4.69) is 17.6 Å². The highest BCUT2D eigenvalue weighted by Gasteiger charge is 2.10. The molecule has 0 aliphatic carbocycles. The Hall–Kier alpha value is -0.580. The Bertz CT molecular complexity index is 314. The highest BCUT2D eigenvalue weighted by molar-refractivity contribution is 7.12. The molecule has 1 heterocycles. The summed E-state index contributed by atoms with van der Waals surface area (Å²) >= 11 is 7.19. The van der Waals surface area contributed by atoms with Crippen LogP contribution in [0, 0.1) is 0 Å². The molecule has 0 atom stereocenters. The van der Waals surface area contributed by atoms with Crippen LogP contribution in [-0.2, 0) is 0 Å². The zero-order valence-electron chi connectivity index (χ0n) is 8.68. The van der Waals surface area contributed by atoms with Crippen molar-refractivity contribution in [3.63, 3.8) is 0 Å². The number of nitrogens with one attached hydrogen (secondary N) is 2. The first kappa shape index (κ1) is 12.5. The van der Waals surface area contributed by atoms with E-state index in [1.54, 1.807) is 6.07 Å². The molecule has 0 fully saturated rings. The molecule has 3 nitrogen and oxygen atoms in total. The number of rotatable bonds is 6. The summed E-state index contributed by atoms with van der Waals surface area (Å²) in [6.07, 6.45) is 1.10. The summed E-state index contributed by atoms with van der Waals surface area (Å²) in [6.45, 7) is 4.52. The second kappa shape index (κ2) is 6.82. The lowest BCUT2D eigenvalue weighted by Crippen LogP contribution is -2.31. The molecule has 15 heavy (non-hydrogen) atoms. The third-order valence-corrected chi connectivity index (χ3v) is 3.18. The van der Waals surface area contributed by atoms with Crippen molar-refractivity contribution < 1.29 is 4.79 Å².